The summed E-state index contributed by atoms with van der Waals surface area (Å²) in [5, 5.41) is 0. The van der Waals surface area contributed by atoms with Gasteiger partial charge in [-0.05, 0) is 79.7 Å². The summed E-state index contributed by atoms with van der Waals surface area (Å²) in [5.74, 6) is 8.03. The van der Waals surface area contributed by atoms with Gasteiger partial charge in [-0.1, -0.05) is 75.3 Å². The maximum absolute atomic E-state index is 3.16. The van der Waals surface area contributed by atoms with Crippen molar-refractivity contribution in [2.24, 2.45) is 11.8 Å². The molecule has 2 rings (SSSR count). The topological polar surface area (TPSA) is 0 Å². The minimum absolute atomic E-state index is 0.752. The third-order valence-corrected chi connectivity index (χ3v) is 5.28. The van der Waals surface area contributed by atoms with Crippen molar-refractivity contribution < 1.29 is 0 Å². The highest BCUT2D eigenvalue weighted by Crippen LogP contribution is 2.31. The monoisotopic (exact) mass is 334 g/mol. The Hall–Kier alpha value is -1.74. The molecule has 0 heteroatoms. The SMILES string of the molecule is CCCCc1ccc(/C=C/C#C/C=C/[C@H]2CC[C@H](CCC)CC2)cc1. The number of aryl methyl sites for hydroxylation is 1. The van der Waals surface area contributed by atoms with Gasteiger partial charge in [-0.25, -0.2) is 0 Å². The molecule has 134 valence electrons. The Morgan fingerprint density at radius 3 is 2.32 bits per heavy atom. The van der Waals surface area contributed by atoms with E-state index in [0.717, 1.165) is 11.8 Å². The lowest BCUT2D eigenvalue weighted by Gasteiger charge is -2.26. The van der Waals surface area contributed by atoms with Crippen molar-refractivity contribution in [1.29, 1.82) is 0 Å². The first-order chi connectivity index (χ1) is 12.3. The first-order valence-corrected chi connectivity index (χ1v) is 10.2. The quantitative estimate of drug-likeness (QED) is 0.462. The van der Waals surface area contributed by atoms with Gasteiger partial charge < -0.3 is 0 Å². The van der Waals surface area contributed by atoms with Gasteiger partial charge in [-0.15, -0.1) is 0 Å². The molecule has 0 N–H and O–H groups in total. The van der Waals surface area contributed by atoms with Crippen LogP contribution in [0, 0.1) is 23.7 Å². The van der Waals surface area contributed by atoms with Crippen LogP contribution in [0.1, 0.15) is 76.3 Å². The zero-order valence-corrected chi connectivity index (χ0v) is 16.1. The minimum atomic E-state index is 0.752. The number of rotatable bonds is 7. The lowest BCUT2D eigenvalue weighted by atomic mass is 9.80. The molecule has 1 aromatic rings. The van der Waals surface area contributed by atoms with Crippen LogP contribution in [0.25, 0.3) is 6.08 Å². The molecule has 0 aliphatic heterocycles. The summed E-state index contributed by atoms with van der Waals surface area (Å²) in [6.45, 7) is 4.54. The van der Waals surface area contributed by atoms with Gasteiger partial charge in [-0.3, -0.25) is 0 Å². The molecular weight excluding hydrogens is 300 g/mol. The Labute approximate surface area is 155 Å². The molecule has 1 aliphatic carbocycles. The van der Waals surface area contributed by atoms with Crippen LogP contribution in [0.15, 0.2) is 42.5 Å². The molecule has 0 amide bonds. The number of unbranched alkanes of at least 4 members (excludes halogenated alkanes) is 1. The van der Waals surface area contributed by atoms with Gasteiger partial charge >= 0.3 is 0 Å². The lowest BCUT2D eigenvalue weighted by molar-refractivity contribution is 0.294. The van der Waals surface area contributed by atoms with Crippen molar-refractivity contribution in [3.8, 4) is 11.8 Å². The summed E-state index contributed by atoms with van der Waals surface area (Å²) in [5.41, 5.74) is 2.66. The van der Waals surface area contributed by atoms with E-state index >= 15 is 0 Å². The molecule has 0 bridgehead atoms. The van der Waals surface area contributed by atoms with Crippen molar-refractivity contribution in [1.82, 2.24) is 0 Å². The minimum Gasteiger partial charge on any atom is -0.0730 e. The molecule has 0 unspecified atom stereocenters. The molecule has 0 atom stereocenters. The molecule has 0 radical (unpaired) electrons. The van der Waals surface area contributed by atoms with E-state index in [2.05, 4.69) is 68.2 Å². The molecule has 0 aromatic heterocycles. The molecule has 1 saturated carbocycles. The van der Waals surface area contributed by atoms with E-state index in [4.69, 9.17) is 0 Å². The van der Waals surface area contributed by atoms with E-state index in [1.807, 2.05) is 6.08 Å². The van der Waals surface area contributed by atoms with Crippen molar-refractivity contribution in [3.63, 3.8) is 0 Å². The third-order valence-electron chi connectivity index (χ3n) is 5.28. The van der Waals surface area contributed by atoms with Crippen LogP contribution < -0.4 is 0 Å². The van der Waals surface area contributed by atoms with E-state index < -0.39 is 0 Å². The average molecular weight is 335 g/mol. The number of hydrogen-bond acceptors (Lipinski definition) is 0. The predicted octanol–water partition coefficient (Wildman–Crippen LogP) is 7.21. The maximum Gasteiger partial charge on any atom is -0.0109 e. The number of hydrogen-bond donors (Lipinski definition) is 0. The van der Waals surface area contributed by atoms with Gasteiger partial charge in [0.25, 0.3) is 0 Å². The first-order valence-electron chi connectivity index (χ1n) is 10.2. The first kappa shape index (κ1) is 19.6. The highest BCUT2D eigenvalue weighted by molar-refractivity contribution is 5.53. The zero-order valence-electron chi connectivity index (χ0n) is 16.1. The van der Waals surface area contributed by atoms with Crippen molar-refractivity contribution in [2.75, 3.05) is 0 Å². The number of allylic oxidation sites excluding steroid dienone is 3. The van der Waals surface area contributed by atoms with Gasteiger partial charge in [0.1, 0.15) is 0 Å². The smallest absolute Gasteiger partial charge is 0.0109 e. The van der Waals surface area contributed by atoms with E-state index in [1.165, 1.54) is 68.9 Å². The lowest BCUT2D eigenvalue weighted by Crippen LogP contribution is -2.12. The summed E-state index contributed by atoms with van der Waals surface area (Å²) in [4.78, 5) is 0. The molecule has 1 aromatic carbocycles. The van der Waals surface area contributed by atoms with Crippen molar-refractivity contribution in [3.05, 3.63) is 53.6 Å². The molecule has 0 heterocycles. The second-order valence-electron chi connectivity index (χ2n) is 7.40. The van der Waals surface area contributed by atoms with Crippen molar-refractivity contribution in [2.45, 2.75) is 71.6 Å². The van der Waals surface area contributed by atoms with Gasteiger partial charge in [0.2, 0.25) is 0 Å². The zero-order chi connectivity index (χ0) is 17.7. The standard InChI is InChI=1S/C25H34/c1-3-5-11-23-18-20-25(21-19-23)13-9-7-6-8-12-24-16-14-22(10-4-2)15-17-24/h8-9,12-13,18-22,24H,3-5,10-11,14-17H2,1-2H3/b12-8+,13-9+/t22-,24-. The summed E-state index contributed by atoms with van der Waals surface area (Å²) < 4.78 is 0. The van der Waals surface area contributed by atoms with E-state index in [0.29, 0.717) is 0 Å². The summed E-state index contributed by atoms with van der Waals surface area (Å²) in [6, 6.07) is 8.84. The van der Waals surface area contributed by atoms with Gasteiger partial charge in [0.05, 0.1) is 0 Å². The van der Waals surface area contributed by atoms with Gasteiger partial charge in [-0.2, -0.15) is 0 Å². The van der Waals surface area contributed by atoms with Crippen LogP contribution in [-0.4, -0.2) is 0 Å². The van der Waals surface area contributed by atoms with Crippen LogP contribution in [0.4, 0.5) is 0 Å². The van der Waals surface area contributed by atoms with Crippen molar-refractivity contribution >= 4 is 6.08 Å². The highest BCUT2D eigenvalue weighted by atomic mass is 14.2. The highest BCUT2D eigenvalue weighted by Gasteiger charge is 2.18. The van der Waals surface area contributed by atoms with E-state index in [9.17, 15) is 0 Å². The third kappa shape index (κ3) is 7.78. The fourth-order valence-corrected chi connectivity index (χ4v) is 3.67. The van der Waals surface area contributed by atoms with E-state index in [-0.39, 0.29) is 0 Å². The van der Waals surface area contributed by atoms with Crippen LogP contribution in [0.5, 0.6) is 0 Å². The van der Waals surface area contributed by atoms with Gasteiger partial charge in [0, 0.05) is 0 Å². The summed E-state index contributed by atoms with van der Waals surface area (Å²) >= 11 is 0. The largest absolute Gasteiger partial charge is 0.0730 e. The normalized spacial score (nSPS) is 20.7. The average Bonchev–Trinajstić information content (AvgIpc) is 2.65. The Morgan fingerprint density at radius 1 is 0.920 bits per heavy atom. The number of benzene rings is 1. The molecular formula is C25H34. The Kier molecular flexibility index (Phi) is 9.21. The molecule has 25 heavy (non-hydrogen) atoms. The summed E-state index contributed by atoms with van der Waals surface area (Å²) in [7, 11) is 0. The second kappa shape index (κ2) is 11.8. The van der Waals surface area contributed by atoms with Crippen LogP contribution in [0.3, 0.4) is 0 Å². The fourth-order valence-electron chi connectivity index (χ4n) is 3.67. The van der Waals surface area contributed by atoms with Crippen LogP contribution in [-0.2, 0) is 6.42 Å². The predicted molar refractivity (Wildman–Crippen MR) is 111 cm³/mol. The Balaban J connectivity index is 1.72. The molecule has 0 spiro atoms. The summed E-state index contributed by atoms with van der Waals surface area (Å²) in [6.07, 6.45) is 20.4. The van der Waals surface area contributed by atoms with E-state index in [1.54, 1.807) is 0 Å². The Morgan fingerprint density at radius 2 is 1.64 bits per heavy atom. The molecule has 1 aliphatic rings. The van der Waals surface area contributed by atoms with Gasteiger partial charge in [0.15, 0.2) is 0 Å². The Bertz CT molecular complexity index is 583. The molecule has 1 fully saturated rings. The second-order valence-corrected chi connectivity index (χ2v) is 7.40. The maximum atomic E-state index is 3.16. The molecule has 0 nitrogen and oxygen atoms in total. The fraction of sp³-hybridized carbons (Fsp3) is 0.520. The van der Waals surface area contributed by atoms with Crippen LogP contribution >= 0.6 is 0 Å². The molecule has 0 saturated heterocycles. The van der Waals surface area contributed by atoms with Crippen LogP contribution in [0.2, 0.25) is 0 Å².